The number of hydrogen-bond acceptors (Lipinski definition) is 5. The molecule has 1 amide bonds. The van der Waals surface area contributed by atoms with Crippen molar-refractivity contribution in [2.45, 2.75) is 12.0 Å². The zero-order valence-corrected chi connectivity index (χ0v) is 17.6. The first-order chi connectivity index (χ1) is 15.2. The fourth-order valence-corrected chi connectivity index (χ4v) is 4.80. The van der Waals surface area contributed by atoms with Crippen LogP contribution in [0.3, 0.4) is 0 Å². The number of fused-ring (bicyclic) bond motifs is 4. The van der Waals surface area contributed by atoms with Gasteiger partial charge in [-0.05, 0) is 42.8 Å². The molecule has 31 heavy (non-hydrogen) atoms. The Morgan fingerprint density at radius 3 is 2.84 bits per heavy atom. The third-order valence-electron chi connectivity index (χ3n) is 6.25. The van der Waals surface area contributed by atoms with Gasteiger partial charge in [0, 0.05) is 39.1 Å². The maximum Gasteiger partial charge on any atom is 0.260 e. The van der Waals surface area contributed by atoms with Gasteiger partial charge < -0.3 is 23.8 Å². The number of hydrogen-bond donors (Lipinski definition) is 0. The summed E-state index contributed by atoms with van der Waals surface area (Å²) in [6, 6.07) is 17.7. The van der Waals surface area contributed by atoms with Crippen LogP contribution in [0, 0.1) is 0 Å². The number of aromatic nitrogens is 2. The number of benzene rings is 1. The fraction of sp³-hybridized carbons (Fsp3) is 0.333. The Bertz CT molecular complexity index is 1070. The number of carbonyl (C=O) groups is 1. The highest BCUT2D eigenvalue weighted by Gasteiger charge is 2.50. The van der Waals surface area contributed by atoms with Gasteiger partial charge in [0.2, 0.25) is 0 Å². The van der Waals surface area contributed by atoms with Gasteiger partial charge in [-0.3, -0.25) is 4.79 Å². The van der Waals surface area contributed by atoms with E-state index in [0.29, 0.717) is 25.4 Å². The highest BCUT2D eigenvalue weighted by Crippen LogP contribution is 2.46. The molecule has 7 heteroatoms. The van der Waals surface area contributed by atoms with Crippen LogP contribution < -0.4 is 9.64 Å². The summed E-state index contributed by atoms with van der Waals surface area (Å²) in [5.41, 5.74) is 1.91. The molecule has 0 bridgehead atoms. The molecule has 0 radical (unpaired) electrons. The summed E-state index contributed by atoms with van der Waals surface area (Å²) in [7, 11) is 1.72. The quantitative estimate of drug-likeness (QED) is 0.616. The van der Waals surface area contributed by atoms with Crippen LogP contribution in [0.2, 0.25) is 0 Å². The van der Waals surface area contributed by atoms with Gasteiger partial charge in [0.1, 0.15) is 11.3 Å². The molecule has 5 rings (SSSR count). The number of pyridine rings is 1. The first-order valence-electron chi connectivity index (χ1n) is 10.6. The second-order valence-electron chi connectivity index (χ2n) is 7.95. The molecule has 0 aliphatic carbocycles. The summed E-state index contributed by atoms with van der Waals surface area (Å²) in [5.74, 6) is 1.63. The molecule has 160 valence electrons. The van der Waals surface area contributed by atoms with Gasteiger partial charge in [-0.1, -0.05) is 18.2 Å². The Labute approximate surface area is 181 Å². The molecule has 1 saturated heterocycles. The standard InChI is InChI=1S/C24H26N4O3/c1-30-16-15-28-20-9-5-12-25-23(20)27-13-6-10-21(27)24(28)11-14-26(18-24)22(29)17-31-19-7-3-2-4-8-19/h2-10,12-13H,11,14-18H2,1H3/t24-/m0/s1. The summed E-state index contributed by atoms with van der Waals surface area (Å²) < 4.78 is 13.3. The third-order valence-corrected chi connectivity index (χ3v) is 6.25. The van der Waals surface area contributed by atoms with Crippen LogP contribution in [0.25, 0.3) is 5.82 Å². The zero-order chi connectivity index (χ0) is 21.3. The zero-order valence-electron chi connectivity index (χ0n) is 17.6. The number of methoxy groups -OCH3 is 1. The number of likely N-dealkylation sites (tertiary alicyclic amines) is 1. The van der Waals surface area contributed by atoms with E-state index in [9.17, 15) is 4.79 Å². The highest BCUT2D eigenvalue weighted by molar-refractivity contribution is 5.79. The molecule has 1 spiro atoms. The first-order valence-corrected chi connectivity index (χ1v) is 10.6. The minimum Gasteiger partial charge on any atom is -0.484 e. The third kappa shape index (κ3) is 3.35. The van der Waals surface area contributed by atoms with Crippen molar-refractivity contribution in [1.29, 1.82) is 0 Å². The van der Waals surface area contributed by atoms with Gasteiger partial charge in [0.25, 0.3) is 5.91 Å². The van der Waals surface area contributed by atoms with Crippen LogP contribution >= 0.6 is 0 Å². The lowest BCUT2D eigenvalue weighted by Gasteiger charge is -2.47. The SMILES string of the molecule is COCCN1c2cccnc2-n2cccc2[C@@]12CCN(C(=O)COc1ccccc1)C2. The Hall–Kier alpha value is -3.32. The van der Waals surface area contributed by atoms with Crippen molar-refractivity contribution in [3.05, 3.63) is 72.7 Å². The van der Waals surface area contributed by atoms with Gasteiger partial charge in [0.05, 0.1) is 18.0 Å². The number of carbonyl (C=O) groups excluding carboxylic acids is 1. The fourth-order valence-electron chi connectivity index (χ4n) is 4.80. The number of ether oxygens (including phenoxy) is 2. The molecule has 1 aromatic carbocycles. The van der Waals surface area contributed by atoms with E-state index in [0.717, 1.165) is 30.2 Å². The van der Waals surface area contributed by atoms with Crippen molar-refractivity contribution in [2.75, 3.05) is 44.9 Å². The molecule has 1 fully saturated rings. The van der Waals surface area contributed by atoms with Crippen molar-refractivity contribution >= 4 is 11.6 Å². The predicted molar refractivity (Wildman–Crippen MR) is 118 cm³/mol. The van der Waals surface area contributed by atoms with Crippen LogP contribution in [0.1, 0.15) is 12.1 Å². The van der Waals surface area contributed by atoms with Crippen molar-refractivity contribution in [3.8, 4) is 11.6 Å². The van der Waals surface area contributed by atoms with E-state index in [4.69, 9.17) is 9.47 Å². The van der Waals surface area contributed by atoms with E-state index in [1.807, 2.05) is 47.5 Å². The summed E-state index contributed by atoms with van der Waals surface area (Å²) in [6.07, 6.45) is 4.71. The van der Waals surface area contributed by atoms with Gasteiger partial charge in [-0.25, -0.2) is 4.98 Å². The summed E-state index contributed by atoms with van der Waals surface area (Å²) in [5, 5.41) is 0. The molecule has 2 aliphatic heterocycles. The Morgan fingerprint density at radius 1 is 1.13 bits per heavy atom. The van der Waals surface area contributed by atoms with E-state index in [1.54, 1.807) is 7.11 Å². The van der Waals surface area contributed by atoms with Crippen molar-refractivity contribution in [3.63, 3.8) is 0 Å². The normalized spacial score (nSPS) is 19.4. The van der Waals surface area contributed by atoms with Crippen LogP contribution in [-0.4, -0.2) is 60.3 Å². The van der Waals surface area contributed by atoms with Gasteiger partial charge in [0.15, 0.2) is 12.4 Å². The molecule has 0 unspecified atom stereocenters. The number of nitrogens with zero attached hydrogens (tertiary/aromatic N) is 4. The van der Waals surface area contributed by atoms with E-state index in [-0.39, 0.29) is 18.1 Å². The van der Waals surface area contributed by atoms with E-state index >= 15 is 0 Å². The summed E-state index contributed by atoms with van der Waals surface area (Å²) >= 11 is 0. The molecule has 3 aromatic rings. The van der Waals surface area contributed by atoms with Gasteiger partial charge in [-0.2, -0.15) is 0 Å². The van der Waals surface area contributed by atoms with Crippen LogP contribution in [0.15, 0.2) is 67.0 Å². The minimum atomic E-state index is -0.319. The monoisotopic (exact) mass is 418 g/mol. The molecule has 0 saturated carbocycles. The van der Waals surface area contributed by atoms with Crippen molar-refractivity contribution in [1.82, 2.24) is 14.5 Å². The van der Waals surface area contributed by atoms with Crippen molar-refractivity contribution < 1.29 is 14.3 Å². The predicted octanol–water partition coefficient (Wildman–Crippen LogP) is 2.85. The Balaban J connectivity index is 1.43. The van der Waals surface area contributed by atoms with Crippen LogP contribution in [-0.2, 0) is 15.1 Å². The minimum absolute atomic E-state index is 0.00232. The van der Waals surface area contributed by atoms with E-state index in [1.165, 1.54) is 0 Å². The molecule has 1 atom stereocenters. The molecular formula is C24H26N4O3. The lowest BCUT2D eigenvalue weighted by atomic mass is 9.89. The Kier molecular flexibility index (Phi) is 5.11. The van der Waals surface area contributed by atoms with Crippen molar-refractivity contribution in [2.24, 2.45) is 0 Å². The number of rotatable bonds is 6. The van der Waals surface area contributed by atoms with Gasteiger partial charge >= 0.3 is 0 Å². The summed E-state index contributed by atoms with van der Waals surface area (Å²) in [4.78, 5) is 21.9. The topological polar surface area (TPSA) is 59.8 Å². The largest absolute Gasteiger partial charge is 0.484 e. The maximum absolute atomic E-state index is 13.0. The van der Waals surface area contributed by atoms with Crippen LogP contribution in [0.4, 0.5) is 5.69 Å². The first kappa shape index (κ1) is 19.6. The number of anilines is 1. The van der Waals surface area contributed by atoms with Crippen LogP contribution in [0.5, 0.6) is 5.75 Å². The van der Waals surface area contributed by atoms with E-state index in [2.05, 4.69) is 38.8 Å². The van der Waals surface area contributed by atoms with Gasteiger partial charge in [-0.15, -0.1) is 0 Å². The molecule has 2 aromatic heterocycles. The smallest absolute Gasteiger partial charge is 0.260 e. The number of para-hydroxylation sites is 1. The highest BCUT2D eigenvalue weighted by atomic mass is 16.5. The second-order valence-corrected chi connectivity index (χ2v) is 7.95. The molecular weight excluding hydrogens is 392 g/mol. The summed E-state index contributed by atoms with van der Waals surface area (Å²) in [6.45, 7) is 2.65. The Morgan fingerprint density at radius 2 is 2.00 bits per heavy atom. The second kappa shape index (κ2) is 8.07. The molecule has 7 nitrogen and oxygen atoms in total. The maximum atomic E-state index is 13.0. The average molecular weight is 418 g/mol. The van der Waals surface area contributed by atoms with E-state index < -0.39 is 0 Å². The molecule has 2 aliphatic rings. The lowest BCUT2D eigenvalue weighted by molar-refractivity contribution is -0.132. The number of amides is 1. The lowest BCUT2D eigenvalue weighted by Crippen LogP contribution is -2.54. The molecule has 0 N–H and O–H groups in total. The average Bonchev–Trinajstić information content (AvgIpc) is 3.47. The molecule has 4 heterocycles.